The number of rotatable bonds is 6. The number of aliphatic hydroxyl groups is 1. The van der Waals surface area contributed by atoms with Crippen LogP contribution in [0.4, 0.5) is 0 Å². The highest BCUT2D eigenvalue weighted by molar-refractivity contribution is 8.00. The molecule has 2 rings (SSSR count). The van der Waals surface area contributed by atoms with Gasteiger partial charge in [0.1, 0.15) is 0 Å². The summed E-state index contributed by atoms with van der Waals surface area (Å²) in [5.74, 6) is 0. The summed E-state index contributed by atoms with van der Waals surface area (Å²) in [6.45, 7) is 2.09. The van der Waals surface area contributed by atoms with Gasteiger partial charge in [-0.05, 0) is 43.7 Å². The average molecular weight is 329 g/mol. The molecule has 1 aliphatic carbocycles. The van der Waals surface area contributed by atoms with Crippen LogP contribution in [0.3, 0.4) is 0 Å². The SMILES string of the molecule is CSC1(CNS(=O)(=O)c2cccc(C(C)O)c2)CCCC1. The molecule has 0 radical (unpaired) electrons. The van der Waals surface area contributed by atoms with Crippen LogP contribution in [-0.4, -0.2) is 31.1 Å². The highest BCUT2D eigenvalue weighted by atomic mass is 32.2. The molecular formula is C15H23NO3S2. The Balaban J connectivity index is 2.13. The molecule has 0 bridgehead atoms. The van der Waals surface area contributed by atoms with Crippen LogP contribution in [0.2, 0.25) is 0 Å². The monoisotopic (exact) mass is 329 g/mol. The predicted molar refractivity (Wildman–Crippen MR) is 87.0 cm³/mol. The van der Waals surface area contributed by atoms with Gasteiger partial charge in [0.05, 0.1) is 11.0 Å². The summed E-state index contributed by atoms with van der Waals surface area (Å²) in [7, 11) is -3.53. The Morgan fingerprint density at radius 2 is 2.05 bits per heavy atom. The summed E-state index contributed by atoms with van der Waals surface area (Å²) in [5, 5.41) is 9.58. The summed E-state index contributed by atoms with van der Waals surface area (Å²) >= 11 is 1.76. The van der Waals surface area contributed by atoms with Crippen molar-refractivity contribution in [2.24, 2.45) is 0 Å². The van der Waals surface area contributed by atoms with Gasteiger partial charge in [-0.1, -0.05) is 25.0 Å². The molecule has 1 aromatic carbocycles. The normalized spacial score (nSPS) is 19.6. The number of hydrogen-bond acceptors (Lipinski definition) is 4. The fourth-order valence-electron chi connectivity index (χ4n) is 2.72. The van der Waals surface area contributed by atoms with Crippen molar-refractivity contribution < 1.29 is 13.5 Å². The fraction of sp³-hybridized carbons (Fsp3) is 0.600. The lowest BCUT2D eigenvalue weighted by Gasteiger charge is -2.26. The van der Waals surface area contributed by atoms with Crippen LogP contribution in [0, 0.1) is 0 Å². The van der Waals surface area contributed by atoms with E-state index >= 15 is 0 Å². The van der Waals surface area contributed by atoms with Gasteiger partial charge in [-0.15, -0.1) is 0 Å². The molecule has 1 aliphatic rings. The maximum Gasteiger partial charge on any atom is 0.240 e. The van der Waals surface area contributed by atoms with Crippen molar-refractivity contribution in [1.29, 1.82) is 0 Å². The van der Waals surface area contributed by atoms with Crippen molar-refractivity contribution in [3.05, 3.63) is 29.8 Å². The quantitative estimate of drug-likeness (QED) is 0.842. The third-order valence-corrected chi connectivity index (χ3v) is 7.00. The lowest BCUT2D eigenvalue weighted by Crippen LogP contribution is -2.38. The number of sulfonamides is 1. The number of benzene rings is 1. The van der Waals surface area contributed by atoms with Gasteiger partial charge in [0.2, 0.25) is 10.0 Å². The number of nitrogens with one attached hydrogen (secondary N) is 1. The first-order valence-electron chi connectivity index (χ1n) is 7.21. The summed E-state index contributed by atoms with van der Waals surface area (Å²) < 4.78 is 27.6. The maximum atomic E-state index is 12.4. The lowest BCUT2D eigenvalue weighted by atomic mass is 10.1. The van der Waals surface area contributed by atoms with Crippen LogP contribution in [-0.2, 0) is 10.0 Å². The predicted octanol–water partition coefficient (Wildman–Crippen LogP) is 2.69. The smallest absolute Gasteiger partial charge is 0.240 e. The van der Waals surface area contributed by atoms with Crippen molar-refractivity contribution in [2.75, 3.05) is 12.8 Å². The molecule has 4 nitrogen and oxygen atoms in total. The zero-order valence-electron chi connectivity index (χ0n) is 12.5. The van der Waals surface area contributed by atoms with E-state index in [1.54, 1.807) is 36.9 Å². The summed E-state index contributed by atoms with van der Waals surface area (Å²) in [6.07, 6.45) is 5.83. The molecule has 6 heteroatoms. The molecule has 0 heterocycles. The van der Waals surface area contributed by atoms with Gasteiger partial charge in [0.15, 0.2) is 0 Å². The second-order valence-corrected chi connectivity index (χ2v) is 8.71. The second-order valence-electron chi connectivity index (χ2n) is 5.67. The second kappa shape index (κ2) is 6.69. The summed E-state index contributed by atoms with van der Waals surface area (Å²) in [4.78, 5) is 0.218. The third-order valence-electron chi connectivity index (χ3n) is 4.18. The van der Waals surface area contributed by atoms with Crippen LogP contribution >= 0.6 is 11.8 Å². The van der Waals surface area contributed by atoms with Crippen molar-refractivity contribution in [1.82, 2.24) is 4.72 Å². The molecule has 118 valence electrons. The lowest BCUT2D eigenvalue weighted by molar-refractivity contribution is 0.199. The van der Waals surface area contributed by atoms with E-state index in [1.165, 1.54) is 18.9 Å². The van der Waals surface area contributed by atoms with Crippen LogP contribution in [0.15, 0.2) is 29.2 Å². The topological polar surface area (TPSA) is 66.4 Å². The van der Waals surface area contributed by atoms with Crippen molar-refractivity contribution in [2.45, 2.75) is 48.4 Å². The maximum absolute atomic E-state index is 12.4. The minimum absolute atomic E-state index is 0.0367. The molecule has 1 unspecified atom stereocenters. The standard InChI is InChI=1S/C15H23NO3S2/c1-12(17)13-6-5-7-14(10-13)21(18,19)16-11-15(20-2)8-3-4-9-15/h5-7,10,12,16-17H,3-4,8-9,11H2,1-2H3. The van der Waals surface area contributed by atoms with E-state index in [9.17, 15) is 13.5 Å². The Labute approximate surface area is 131 Å². The van der Waals surface area contributed by atoms with Crippen molar-refractivity contribution >= 4 is 21.8 Å². The Morgan fingerprint density at radius 3 is 2.62 bits per heavy atom. The van der Waals surface area contributed by atoms with E-state index in [0.29, 0.717) is 12.1 Å². The molecule has 0 spiro atoms. The zero-order chi connectivity index (χ0) is 15.5. The molecule has 0 aliphatic heterocycles. The average Bonchev–Trinajstić information content (AvgIpc) is 2.95. The highest BCUT2D eigenvalue weighted by Gasteiger charge is 2.34. The van der Waals surface area contributed by atoms with Crippen LogP contribution in [0.5, 0.6) is 0 Å². The van der Waals surface area contributed by atoms with Crippen LogP contribution in [0.1, 0.15) is 44.3 Å². The van der Waals surface area contributed by atoms with Gasteiger partial charge in [-0.25, -0.2) is 13.1 Å². The first kappa shape index (κ1) is 16.8. The highest BCUT2D eigenvalue weighted by Crippen LogP contribution is 2.39. The molecular weight excluding hydrogens is 306 g/mol. The number of aliphatic hydroxyl groups excluding tert-OH is 1. The molecule has 0 saturated heterocycles. The van der Waals surface area contributed by atoms with Gasteiger partial charge < -0.3 is 5.11 Å². The molecule has 1 fully saturated rings. The molecule has 0 amide bonds. The van der Waals surface area contributed by atoms with Crippen LogP contribution in [0.25, 0.3) is 0 Å². The number of thioether (sulfide) groups is 1. The van der Waals surface area contributed by atoms with Gasteiger partial charge in [0.25, 0.3) is 0 Å². The Hall–Kier alpha value is -0.560. The van der Waals surface area contributed by atoms with E-state index in [2.05, 4.69) is 4.72 Å². The van der Waals surface area contributed by atoms with Crippen LogP contribution < -0.4 is 4.72 Å². The minimum atomic E-state index is -3.53. The molecule has 2 N–H and O–H groups in total. The molecule has 0 aromatic heterocycles. The van der Waals surface area contributed by atoms with E-state index in [0.717, 1.165) is 12.8 Å². The molecule has 1 saturated carbocycles. The fourth-order valence-corrected chi connectivity index (χ4v) is 4.91. The minimum Gasteiger partial charge on any atom is -0.389 e. The first-order valence-corrected chi connectivity index (χ1v) is 9.92. The van der Waals surface area contributed by atoms with Crippen molar-refractivity contribution in [3.63, 3.8) is 0 Å². The zero-order valence-corrected chi connectivity index (χ0v) is 14.1. The summed E-state index contributed by atoms with van der Waals surface area (Å²) in [6, 6.07) is 6.49. The van der Waals surface area contributed by atoms with Gasteiger partial charge in [-0.2, -0.15) is 11.8 Å². The number of hydrogen-bond donors (Lipinski definition) is 2. The van der Waals surface area contributed by atoms with E-state index in [4.69, 9.17) is 0 Å². The van der Waals surface area contributed by atoms with Gasteiger partial charge in [0, 0.05) is 11.3 Å². The molecule has 1 atom stereocenters. The van der Waals surface area contributed by atoms with Gasteiger partial charge in [-0.3, -0.25) is 0 Å². The molecule has 1 aromatic rings. The Kier molecular flexibility index (Phi) is 5.35. The van der Waals surface area contributed by atoms with Crippen molar-refractivity contribution in [3.8, 4) is 0 Å². The third kappa shape index (κ3) is 4.00. The Morgan fingerprint density at radius 1 is 1.38 bits per heavy atom. The Bertz CT molecular complexity index is 578. The van der Waals surface area contributed by atoms with E-state index in [1.807, 2.05) is 6.26 Å². The van der Waals surface area contributed by atoms with Gasteiger partial charge >= 0.3 is 0 Å². The van der Waals surface area contributed by atoms with E-state index in [-0.39, 0.29) is 9.64 Å². The van der Waals surface area contributed by atoms with E-state index < -0.39 is 16.1 Å². The molecule has 21 heavy (non-hydrogen) atoms. The summed E-state index contributed by atoms with van der Waals surface area (Å²) in [5.41, 5.74) is 0.610. The largest absolute Gasteiger partial charge is 0.389 e. The first-order chi connectivity index (χ1) is 9.88.